The Labute approximate surface area is 120 Å². The Morgan fingerprint density at radius 1 is 1.26 bits per heavy atom. The van der Waals surface area contributed by atoms with Crippen molar-refractivity contribution in [1.82, 2.24) is 14.5 Å². The number of halogens is 1. The smallest absolute Gasteiger partial charge is 0.249 e. The van der Waals surface area contributed by atoms with Gasteiger partial charge in [0.25, 0.3) is 0 Å². The summed E-state index contributed by atoms with van der Waals surface area (Å²) in [6.07, 6.45) is 6.93. The summed E-state index contributed by atoms with van der Waals surface area (Å²) in [4.78, 5) is 8.71. The Hall–Kier alpha value is -0.710. The van der Waals surface area contributed by atoms with Crippen LogP contribution in [0.4, 0.5) is 5.82 Å². The van der Waals surface area contributed by atoms with Crippen LogP contribution < -0.4 is 10.2 Å². The highest BCUT2D eigenvalue weighted by Gasteiger charge is 2.36. The lowest BCUT2D eigenvalue weighted by molar-refractivity contribution is 0.213. The molecular formula is C14H24ClN4+. The van der Waals surface area contributed by atoms with Crippen LogP contribution in [0.15, 0.2) is 6.33 Å². The molecule has 0 saturated heterocycles. The monoisotopic (exact) mass is 283 g/mol. The van der Waals surface area contributed by atoms with Crippen molar-refractivity contribution >= 4 is 17.4 Å². The first-order chi connectivity index (χ1) is 8.96. The van der Waals surface area contributed by atoms with E-state index in [0.29, 0.717) is 12.1 Å². The summed E-state index contributed by atoms with van der Waals surface area (Å²) in [5, 5.41) is 0.727. The van der Waals surface area contributed by atoms with Gasteiger partial charge in [0.1, 0.15) is 11.3 Å². The summed E-state index contributed by atoms with van der Waals surface area (Å²) in [5.41, 5.74) is 6.93. The number of aryl methyl sites for hydroxylation is 1. The van der Waals surface area contributed by atoms with E-state index in [1.165, 1.54) is 0 Å². The number of hydrogen-bond donors (Lipinski definition) is 1. The quantitative estimate of drug-likeness (QED) is 0.868. The molecule has 0 radical (unpaired) electrons. The predicted molar refractivity (Wildman–Crippen MR) is 80.3 cm³/mol. The Morgan fingerprint density at radius 2 is 1.89 bits per heavy atom. The molecule has 0 unspecified atom stereocenters. The minimum atomic E-state index is 0.364. The van der Waals surface area contributed by atoms with Gasteiger partial charge in [0.05, 0.1) is 25.8 Å². The van der Waals surface area contributed by atoms with E-state index in [9.17, 15) is 0 Å². The predicted octanol–water partition coefficient (Wildman–Crippen LogP) is 2.53. The summed E-state index contributed by atoms with van der Waals surface area (Å²) in [6.45, 7) is 2.07. The average Bonchev–Trinajstić information content (AvgIpc) is 2.39. The van der Waals surface area contributed by atoms with E-state index in [0.717, 1.165) is 53.1 Å². The van der Waals surface area contributed by atoms with Crippen molar-refractivity contribution in [3.05, 3.63) is 17.0 Å². The molecule has 0 amide bonds. The summed E-state index contributed by atoms with van der Waals surface area (Å²) >= 11 is 6.48. The van der Waals surface area contributed by atoms with Crippen LogP contribution in [0, 0.1) is 0 Å². The normalized spacial score (nSPS) is 24.5. The van der Waals surface area contributed by atoms with Crippen LogP contribution in [0.2, 0.25) is 5.02 Å². The molecule has 0 bridgehead atoms. The molecule has 19 heavy (non-hydrogen) atoms. The zero-order valence-corrected chi connectivity index (χ0v) is 12.8. The summed E-state index contributed by atoms with van der Waals surface area (Å²) < 4.78 is 0.723. The number of rotatable bonds is 3. The van der Waals surface area contributed by atoms with Gasteiger partial charge in [0.15, 0.2) is 0 Å². The maximum atomic E-state index is 6.48. The first-order valence-corrected chi connectivity index (χ1v) is 7.43. The highest BCUT2D eigenvalue weighted by molar-refractivity contribution is 6.33. The molecular weight excluding hydrogens is 260 g/mol. The molecule has 4 nitrogen and oxygen atoms in total. The molecule has 0 spiro atoms. The Bertz CT molecular complexity index is 439. The van der Waals surface area contributed by atoms with Crippen LogP contribution in [-0.4, -0.2) is 36.1 Å². The van der Waals surface area contributed by atoms with Gasteiger partial charge in [-0.2, -0.15) is 4.98 Å². The van der Waals surface area contributed by atoms with Gasteiger partial charge in [-0.05, 0) is 19.3 Å². The van der Waals surface area contributed by atoms with Crippen molar-refractivity contribution in [1.29, 1.82) is 0 Å². The molecule has 1 saturated carbocycles. The molecule has 1 heterocycles. The van der Waals surface area contributed by atoms with Gasteiger partial charge in [-0.25, -0.2) is 4.98 Å². The van der Waals surface area contributed by atoms with Crippen molar-refractivity contribution < 1.29 is 0 Å². The van der Waals surface area contributed by atoms with Gasteiger partial charge >= 0.3 is 0 Å². The van der Waals surface area contributed by atoms with E-state index >= 15 is 0 Å². The molecule has 1 aliphatic carbocycles. The fourth-order valence-electron chi connectivity index (χ4n) is 2.96. The molecule has 1 aliphatic rings. The van der Waals surface area contributed by atoms with Crippen LogP contribution in [-0.2, 0) is 6.42 Å². The third kappa shape index (κ3) is 2.91. The zero-order valence-electron chi connectivity index (χ0n) is 12.1. The summed E-state index contributed by atoms with van der Waals surface area (Å²) in [7, 11) is 4.38. The van der Waals surface area contributed by atoms with Crippen molar-refractivity contribution in [3.8, 4) is 0 Å². The first kappa shape index (κ1) is 14.7. The standard InChI is InChI=1S/C14H24ClN4/c1-4-12-13(15)14(18-9-17-12)19(2,3)11-7-5-10(16)6-8-11/h9-11H,4-8,16H2,1-3H3/q+1/t10-,11-. The molecule has 0 aliphatic heterocycles. The van der Waals surface area contributed by atoms with Crippen LogP contribution in [0.25, 0.3) is 0 Å². The van der Waals surface area contributed by atoms with E-state index in [4.69, 9.17) is 17.3 Å². The fourth-order valence-corrected chi connectivity index (χ4v) is 3.41. The molecule has 2 rings (SSSR count). The Kier molecular flexibility index (Phi) is 4.43. The first-order valence-electron chi connectivity index (χ1n) is 7.06. The second-order valence-electron chi connectivity index (χ2n) is 5.92. The van der Waals surface area contributed by atoms with E-state index in [-0.39, 0.29) is 0 Å². The third-order valence-corrected chi connectivity index (χ3v) is 4.77. The van der Waals surface area contributed by atoms with E-state index < -0.39 is 0 Å². The molecule has 1 aromatic heterocycles. The van der Waals surface area contributed by atoms with E-state index in [1.54, 1.807) is 6.33 Å². The second kappa shape index (κ2) is 5.73. The van der Waals surface area contributed by atoms with Crippen LogP contribution in [0.1, 0.15) is 38.3 Å². The number of hydrogen-bond acceptors (Lipinski definition) is 3. The number of quaternary nitrogens is 1. The summed E-state index contributed by atoms with van der Waals surface area (Å²) in [6, 6.07) is 0.903. The molecule has 2 N–H and O–H groups in total. The Morgan fingerprint density at radius 3 is 2.47 bits per heavy atom. The van der Waals surface area contributed by atoms with Crippen molar-refractivity contribution in [2.24, 2.45) is 5.73 Å². The highest BCUT2D eigenvalue weighted by atomic mass is 35.5. The van der Waals surface area contributed by atoms with Gasteiger partial charge in [0, 0.05) is 18.9 Å². The van der Waals surface area contributed by atoms with Crippen LogP contribution in [0.3, 0.4) is 0 Å². The lowest BCUT2D eigenvalue weighted by Gasteiger charge is -2.40. The van der Waals surface area contributed by atoms with Crippen LogP contribution >= 0.6 is 11.6 Å². The maximum Gasteiger partial charge on any atom is 0.249 e. The largest absolute Gasteiger partial charge is 0.328 e. The van der Waals surface area contributed by atoms with Crippen LogP contribution in [0.5, 0.6) is 0 Å². The minimum Gasteiger partial charge on any atom is -0.328 e. The number of nitrogens with two attached hydrogens (primary N) is 1. The Balaban J connectivity index is 2.28. The van der Waals surface area contributed by atoms with Crippen molar-refractivity contribution in [2.45, 2.75) is 51.1 Å². The fraction of sp³-hybridized carbons (Fsp3) is 0.714. The lowest BCUT2D eigenvalue weighted by Crippen LogP contribution is -2.53. The van der Waals surface area contributed by atoms with E-state index in [2.05, 4.69) is 31.0 Å². The molecule has 0 atom stereocenters. The van der Waals surface area contributed by atoms with Crippen molar-refractivity contribution in [3.63, 3.8) is 0 Å². The van der Waals surface area contributed by atoms with Gasteiger partial charge in [0.2, 0.25) is 5.82 Å². The average molecular weight is 284 g/mol. The van der Waals surface area contributed by atoms with Gasteiger partial charge in [-0.1, -0.05) is 18.5 Å². The molecule has 106 valence electrons. The van der Waals surface area contributed by atoms with Gasteiger partial charge in [-0.3, -0.25) is 4.48 Å². The number of nitrogens with zero attached hydrogens (tertiary/aromatic N) is 3. The second-order valence-corrected chi connectivity index (χ2v) is 6.30. The SMILES string of the molecule is CCc1ncnc([N+](C)(C)[C@H]2CC[C@H](N)CC2)c1Cl. The molecule has 0 aromatic carbocycles. The maximum absolute atomic E-state index is 6.48. The van der Waals surface area contributed by atoms with Gasteiger partial charge < -0.3 is 5.73 Å². The lowest BCUT2D eigenvalue weighted by atomic mass is 9.90. The third-order valence-electron chi connectivity index (χ3n) is 4.38. The minimum absolute atomic E-state index is 0.364. The highest BCUT2D eigenvalue weighted by Crippen LogP contribution is 2.34. The van der Waals surface area contributed by atoms with Crippen molar-refractivity contribution in [2.75, 3.05) is 14.1 Å². The molecule has 5 heteroatoms. The zero-order chi connectivity index (χ0) is 14.0. The molecule has 1 aromatic rings. The topological polar surface area (TPSA) is 51.8 Å². The number of aromatic nitrogens is 2. The molecule has 1 fully saturated rings. The summed E-state index contributed by atoms with van der Waals surface area (Å²) in [5.74, 6) is 0.939. The van der Waals surface area contributed by atoms with Gasteiger partial charge in [-0.15, -0.1) is 0 Å². The van der Waals surface area contributed by atoms with E-state index in [1.807, 2.05) is 0 Å².